The van der Waals surface area contributed by atoms with Crippen LogP contribution in [0.4, 0.5) is 5.69 Å². The molecular formula is C14H21ClN2O3S. The highest BCUT2D eigenvalue weighted by Gasteiger charge is 2.28. The van der Waals surface area contributed by atoms with Crippen molar-refractivity contribution in [1.82, 2.24) is 4.31 Å². The second-order valence-corrected chi connectivity index (χ2v) is 7.56. The summed E-state index contributed by atoms with van der Waals surface area (Å²) in [6, 6.07) is 2.93. The first-order valence-corrected chi connectivity index (χ1v) is 8.85. The van der Waals surface area contributed by atoms with Gasteiger partial charge in [-0.25, -0.2) is 8.42 Å². The summed E-state index contributed by atoms with van der Waals surface area (Å²) >= 11 is 6.06. The van der Waals surface area contributed by atoms with E-state index in [1.807, 2.05) is 6.92 Å². The van der Waals surface area contributed by atoms with Gasteiger partial charge in [0, 0.05) is 30.4 Å². The molecule has 0 aliphatic carbocycles. The number of ether oxygens (including phenoxy) is 1. The molecule has 0 bridgehead atoms. The second kappa shape index (κ2) is 6.52. The Morgan fingerprint density at radius 3 is 2.71 bits per heavy atom. The van der Waals surface area contributed by atoms with Crippen molar-refractivity contribution in [1.29, 1.82) is 0 Å². The van der Waals surface area contributed by atoms with Gasteiger partial charge in [0.15, 0.2) is 0 Å². The summed E-state index contributed by atoms with van der Waals surface area (Å²) in [6.07, 6.45) is 1.84. The molecule has 0 amide bonds. The Labute approximate surface area is 131 Å². The Morgan fingerprint density at radius 1 is 1.48 bits per heavy atom. The Kier molecular flexibility index (Phi) is 5.14. The number of halogens is 1. The molecule has 1 unspecified atom stereocenters. The van der Waals surface area contributed by atoms with E-state index in [1.165, 1.54) is 16.4 Å². The monoisotopic (exact) mass is 332 g/mol. The molecule has 21 heavy (non-hydrogen) atoms. The Morgan fingerprint density at radius 2 is 2.19 bits per heavy atom. The van der Waals surface area contributed by atoms with Crippen LogP contribution in [-0.4, -0.2) is 38.5 Å². The molecule has 1 aromatic rings. The van der Waals surface area contributed by atoms with Gasteiger partial charge >= 0.3 is 0 Å². The molecule has 118 valence electrons. The minimum atomic E-state index is -3.61. The lowest BCUT2D eigenvalue weighted by Crippen LogP contribution is -2.37. The van der Waals surface area contributed by atoms with Gasteiger partial charge in [0.1, 0.15) is 0 Å². The van der Waals surface area contributed by atoms with Crippen molar-refractivity contribution in [2.45, 2.75) is 37.7 Å². The molecule has 5 nitrogen and oxygen atoms in total. The maximum Gasteiger partial charge on any atom is 0.243 e. The fourth-order valence-corrected chi connectivity index (χ4v) is 4.22. The summed E-state index contributed by atoms with van der Waals surface area (Å²) in [4.78, 5) is 0.135. The summed E-state index contributed by atoms with van der Waals surface area (Å²) < 4.78 is 32.4. The zero-order valence-corrected chi connectivity index (χ0v) is 13.9. The van der Waals surface area contributed by atoms with E-state index in [0.29, 0.717) is 36.0 Å². The zero-order chi connectivity index (χ0) is 15.6. The maximum atomic E-state index is 12.7. The molecule has 1 aliphatic heterocycles. The van der Waals surface area contributed by atoms with Crippen LogP contribution < -0.4 is 5.73 Å². The predicted molar refractivity (Wildman–Crippen MR) is 84.0 cm³/mol. The van der Waals surface area contributed by atoms with Crippen LogP contribution in [0, 0.1) is 6.92 Å². The fourth-order valence-electron chi connectivity index (χ4n) is 2.38. The number of sulfonamides is 1. The van der Waals surface area contributed by atoms with E-state index in [4.69, 9.17) is 22.1 Å². The van der Waals surface area contributed by atoms with E-state index in [2.05, 4.69) is 0 Å². The highest BCUT2D eigenvalue weighted by atomic mass is 35.5. The molecule has 0 spiro atoms. The minimum absolute atomic E-state index is 0.0296. The van der Waals surface area contributed by atoms with Crippen molar-refractivity contribution in [2.75, 3.05) is 25.4 Å². The van der Waals surface area contributed by atoms with Crippen LogP contribution in [-0.2, 0) is 14.8 Å². The number of nitrogens with zero attached hydrogens (tertiary/aromatic N) is 1. The highest BCUT2D eigenvalue weighted by molar-refractivity contribution is 7.89. The molecule has 1 saturated heterocycles. The third-order valence-corrected chi connectivity index (χ3v) is 6.09. The number of hydrogen-bond donors (Lipinski definition) is 1. The zero-order valence-electron chi connectivity index (χ0n) is 12.3. The van der Waals surface area contributed by atoms with Crippen LogP contribution in [0.5, 0.6) is 0 Å². The van der Waals surface area contributed by atoms with Crippen LogP contribution in [0.2, 0.25) is 5.02 Å². The molecule has 0 aromatic heterocycles. The standard InChI is InChI=1S/C14H21ClN2O3S/c1-3-17(9-11-5-4-6-20-11)21(18,19)12-7-13(15)10(2)14(16)8-12/h7-8,11H,3-6,9,16H2,1-2H3. The maximum absolute atomic E-state index is 12.7. The van der Waals surface area contributed by atoms with E-state index in [-0.39, 0.29) is 11.0 Å². The average Bonchev–Trinajstić information content (AvgIpc) is 2.94. The van der Waals surface area contributed by atoms with Crippen LogP contribution in [0.25, 0.3) is 0 Å². The van der Waals surface area contributed by atoms with Crippen LogP contribution in [0.15, 0.2) is 17.0 Å². The Balaban J connectivity index is 2.30. The largest absolute Gasteiger partial charge is 0.398 e. The van der Waals surface area contributed by atoms with E-state index in [0.717, 1.165) is 12.8 Å². The molecule has 1 atom stereocenters. The molecule has 1 fully saturated rings. The van der Waals surface area contributed by atoms with Gasteiger partial charge in [0.05, 0.1) is 11.0 Å². The lowest BCUT2D eigenvalue weighted by Gasteiger charge is -2.24. The van der Waals surface area contributed by atoms with Crippen molar-refractivity contribution in [3.63, 3.8) is 0 Å². The van der Waals surface area contributed by atoms with E-state index in [9.17, 15) is 8.42 Å². The summed E-state index contributed by atoms with van der Waals surface area (Å²) in [5, 5.41) is 0.363. The molecule has 1 aliphatic rings. The van der Waals surface area contributed by atoms with E-state index in [1.54, 1.807) is 6.92 Å². The number of rotatable bonds is 5. The van der Waals surface area contributed by atoms with Crippen LogP contribution in [0.3, 0.4) is 0 Å². The minimum Gasteiger partial charge on any atom is -0.398 e. The molecule has 7 heteroatoms. The number of nitrogen functional groups attached to an aromatic ring is 1. The van der Waals surface area contributed by atoms with Crippen molar-refractivity contribution in [3.8, 4) is 0 Å². The molecule has 0 radical (unpaired) electrons. The molecule has 1 heterocycles. The third kappa shape index (κ3) is 3.51. The lowest BCUT2D eigenvalue weighted by molar-refractivity contribution is 0.0947. The van der Waals surface area contributed by atoms with Gasteiger partial charge in [-0.15, -0.1) is 0 Å². The Hall–Kier alpha value is -0.820. The van der Waals surface area contributed by atoms with Gasteiger partial charge in [-0.05, 0) is 37.5 Å². The average molecular weight is 333 g/mol. The summed E-state index contributed by atoms with van der Waals surface area (Å²) in [5.41, 5.74) is 6.91. The van der Waals surface area contributed by atoms with Crippen LogP contribution in [0.1, 0.15) is 25.3 Å². The highest BCUT2D eigenvalue weighted by Crippen LogP contribution is 2.28. The van der Waals surface area contributed by atoms with Gasteiger partial charge in [0.25, 0.3) is 0 Å². The second-order valence-electron chi connectivity index (χ2n) is 5.21. The molecule has 2 N–H and O–H groups in total. The first kappa shape index (κ1) is 16.5. The summed E-state index contributed by atoms with van der Waals surface area (Å²) in [7, 11) is -3.61. The molecule has 1 aromatic carbocycles. The van der Waals surface area contributed by atoms with Crippen molar-refractivity contribution in [3.05, 3.63) is 22.7 Å². The van der Waals surface area contributed by atoms with Crippen LogP contribution >= 0.6 is 11.6 Å². The van der Waals surface area contributed by atoms with Gasteiger partial charge in [-0.3, -0.25) is 0 Å². The number of hydrogen-bond acceptors (Lipinski definition) is 4. The Bertz CT molecular complexity index is 590. The number of likely N-dealkylation sites (N-methyl/N-ethyl adjacent to an activating group) is 1. The fraction of sp³-hybridized carbons (Fsp3) is 0.571. The van der Waals surface area contributed by atoms with Gasteiger partial charge in [-0.1, -0.05) is 18.5 Å². The molecule has 2 rings (SSSR count). The van der Waals surface area contributed by atoms with Crippen molar-refractivity contribution < 1.29 is 13.2 Å². The van der Waals surface area contributed by atoms with Crippen molar-refractivity contribution >= 4 is 27.3 Å². The lowest BCUT2D eigenvalue weighted by atomic mass is 10.2. The molecular weight excluding hydrogens is 312 g/mol. The van der Waals surface area contributed by atoms with E-state index >= 15 is 0 Å². The number of anilines is 1. The first-order chi connectivity index (χ1) is 9.86. The topological polar surface area (TPSA) is 72.6 Å². The van der Waals surface area contributed by atoms with Gasteiger partial charge in [-0.2, -0.15) is 4.31 Å². The first-order valence-electron chi connectivity index (χ1n) is 7.03. The quantitative estimate of drug-likeness (QED) is 0.840. The number of nitrogens with two attached hydrogens (primary N) is 1. The van der Waals surface area contributed by atoms with Crippen molar-refractivity contribution in [2.24, 2.45) is 0 Å². The summed E-state index contributed by atoms with van der Waals surface area (Å²) in [5.74, 6) is 0. The van der Waals surface area contributed by atoms with Gasteiger partial charge < -0.3 is 10.5 Å². The third-order valence-electron chi connectivity index (χ3n) is 3.78. The smallest absolute Gasteiger partial charge is 0.243 e. The van der Waals surface area contributed by atoms with E-state index < -0.39 is 10.0 Å². The summed E-state index contributed by atoms with van der Waals surface area (Å²) in [6.45, 7) is 5.02. The van der Waals surface area contributed by atoms with Gasteiger partial charge in [0.2, 0.25) is 10.0 Å². The normalized spacial score (nSPS) is 19.3. The SMILES string of the molecule is CCN(CC1CCCO1)S(=O)(=O)c1cc(N)c(C)c(Cl)c1. The molecule has 0 saturated carbocycles. The number of benzene rings is 1. The predicted octanol–water partition coefficient (Wildman–Crippen LogP) is 2.42.